The van der Waals surface area contributed by atoms with Gasteiger partial charge in [-0.15, -0.1) is 0 Å². The van der Waals surface area contributed by atoms with E-state index in [1.54, 1.807) is 22.6 Å². The highest BCUT2D eigenvalue weighted by Gasteiger charge is 2.04. The van der Waals surface area contributed by atoms with Gasteiger partial charge in [-0.3, -0.25) is 4.79 Å². The van der Waals surface area contributed by atoms with Crippen molar-refractivity contribution in [3.63, 3.8) is 0 Å². The molecule has 0 fully saturated rings. The maximum atomic E-state index is 11.0. The first-order chi connectivity index (χ1) is 8.31. The number of carbonyl (C=O) groups is 1. The van der Waals surface area contributed by atoms with Gasteiger partial charge in [-0.1, -0.05) is 40.2 Å². The number of benzene rings is 1. The van der Waals surface area contributed by atoms with Crippen LogP contribution in [0.15, 0.2) is 24.3 Å². The Kier molecular flexibility index (Phi) is 9.02. The Morgan fingerprint density at radius 2 is 1.89 bits per heavy atom. The quantitative estimate of drug-likeness (QED) is 0.346. The lowest BCUT2D eigenvalue weighted by atomic mass is 10.1. The average Bonchev–Trinajstić information content (AvgIpc) is 2.28. The maximum Gasteiger partial charge on any atom is 0.222 e. The van der Waals surface area contributed by atoms with Crippen molar-refractivity contribution < 1.29 is 14.4 Å². The van der Waals surface area contributed by atoms with Crippen molar-refractivity contribution >= 4 is 42.3 Å². The molecule has 0 aliphatic rings. The fourth-order valence-corrected chi connectivity index (χ4v) is 2.14. The van der Waals surface area contributed by atoms with Crippen LogP contribution in [-0.4, -0.2) is 47.7 Å². The van der Waals surface area contributed by atoms with Crippen LogP contribution in [0.1, 0.15) is 15.9 Å². The zero-order valence-corrected chi connectivity index (χ0v) is 14.7. The molecule has 102 valence electrons. The molecule has 18 heavy (non-hydrogen) atoms. The van der Waals surface area contributed by atoms with Crippen LogP contribution >= 0.6 is 38.5 Å². The highest BCUT2D eigenvalue weighted by atomic mass is 127. The lowest BCUT2D eigenvalue weighted by Gasteiger charge is -2.21. The van der Waals surface area contributed by atoms with E-state index in [0.717, 1.165) is 27.5 Å². The van der Waals surface area contributed by atoms with E-state index in [1.807, 2.05) is 24.3 Å². The Morgan fingerprint density at radius 3 is 2.17 bits per heavy atom. The van der Waals surface area contributed by atoms with Gasteiger partial charge in [-0.2, -0.15) is 0 Å². The number of hydrogen-bond donors (Lipinski definition) is 1. The summed E-state index contributed by atoms with van der Waals surface area (Å²) in [6.07, 6.45) is 0. The molecule has 0 unspecified atom stereocenters. The van der Waals surface area contributed by atoms with Gasteiger partial charge in [0.1, 0.15) is 6.54 Å². The first kappa shape index (κ1) is 18.0. The molecule has 0 saturated heterocycles. The minimum atomic E-state index is 0.0950. The van der Waals surface area contributed by atoms with Crippen molar-refractivity contribution in [2.45, 2.75) is 5.33 Å². The summed E-state index contributed by atoms with van der Waals surface area (Å²) in [5.41, 5.74) is 1.84. The number of nitrogens with zero attached hydrogens (tertiary/aromatic N) is 1. The van der Waals surface area contributed by atoms with Gasteiger partial charge in [0.25, 0.3) is 0 Å². The normalized spacial score (nSPS) is 10.6. The molecule has 0 radical (unpaired) electrons. The Morgan fingerprint density at radius 1 is 1.33 bits per heavy atom. The fraction of sp³-hybridized carbons (Fsp3) is 0.462. The Balaban J connectivity index is 0.000000360. The van der Waals surface area contributed by atoms with E-state index in [4.69, 9.17) is 5.11 Å². The Labute approximate surface area is 131 Å². The van der Waals surface area contributed by atoms with Gasteiger partial charge in [0.2, 0.25) is 3.79 Å². The van der Waals surface area contributed by atoms with Crippen LogP contribution in [0, 0.1) is 0 Å². The standard InChI is InChI=1S/C8H6BrIO.C5H14NO/c9-5-6-3-1-2-4-7(6)8(10)11;1-6(2,3)4-5-7/h1-4H,5H2;7H,4-5H2,1-3H3/q;+1. The molecule has 0 aliphatic heterocycles. The number of rotatable bonds is 4. The maximum absolute atomic E-state index is 11.0. The SMILES string of the molecule is C[N+](C)(C)CCO.O=C(I)c1ccccc1CBr. The molecular weight excluding hydrogens is 409 g/mol. The summed E-state index contributed by atoms with van der Waals surface area (Å²) in [4.78, 5) is 11.0. The molecule has 1 N–H and O–H groups in total. The first-order valence-corrected chi connectivity index (χ1v) is 7.77. The molecule has 0 atom stereocenters. The molecule has 3 nitrogen and oxygen atoms in total. The van der Waals surface area contributed by atoms with Crippen LogP contribution < -0.4 is 0 Å². The van der Waals surface area contributed by atoms with Gasteiger partial charge in [0.05, 0.1) is 27.7 Å². The second-order valence-electron chi connectivity index (χ2n) is 4.80. The van der Waals surface area contributed by atoms with Gasteiger partial charge in [-0.05, 0) is 5.56 Å². The summed E-state index contributed by atoms with van der Waals surface area (Å²) in [7, 11) is 6.16. The topological polar surface area (TPSA) is 37.3 Å². The van der Waals surface area contributed by atoms with Gasteiger partial charge >= 0.3 is 0 Å². The lowest BCUT2D eigenvalue weighted by molar-refractivity contribution is -0.870. The first-order valence-electron chi connectivity index (χ1n) is 5.57. The Bertz CT molecular complexity index is 377. The smallest absolute Gasteiger partial charge is 0.222 e. The molecule has 5 heteroatoms. The number of halogens is 2. The second kappa shape index (κ2) is 9.01. The minimum absolute atomic E-state index is 0.0950. The van der Waals surface area contributed by atoms with Crippen molar-refractivity contribution in [1.29, 1.82) is 0 Å². The highest BCUT2D eigenvalue weighted by molar-refractivity contribution is 14.1. The zero-order chi connectivity index (χ0) is 14.2. The third-order valence-electron chi connectivity index (χ3n) is 2.14. The highest BCUT2D eigenvalue weighted by Crippen LogP contribution is 2.15. The summed E-state index contributed by atoms with van der Waals surface area (Å²) < 4.78 is 0.939. The summed E-state index contributed by atoms with van der Waals surface area (Å²) in [5.74, 6) is 0. The van der Waals surface area contributed by atoms with E-state index in [9.17, 15) is 4.79 Å². The molecular formula is C13H20BrINO2+. The predicted octanol–water partition coefficient (Wildman–Crippen LogP) is 2.84. The van der Waals surface area contributed by atoms with Gasteiger partial charge in [-0.25, -0.2) is 0 Å². The second-order valence-corrected chi connectivity index (χ2v) is 6.34. The van der Waals surface area contributed by atoms with Crippen molar-refractivity contribution in [2.75, 3.05) is 34.3 Å². The van der Waals surface area contributed by atoms with E-state index >= 15 is 0 Å². The molecule has 0 aliphatic carbocycles. The lowest BCUT2D eigenvalue weighted by Crippen LogP contribution is -2.36. The molecule has 0 bridgehead atoms. The molecule has 0 amide bonds. The fourth-order valence-electron chi connectivity index (χ4n) is 1.13. The van der Waals surface area contributed by atoms with E-state index in [1.165, 1.54) is 0 Å². The monoisotopic (exact) mass is 428 g/mol. The molecule has 1 rings (SSSR count). The van der Waals surface area contributed by atoms with Crippen molar-refractivity contribution in [3.8, 4) is 0 Å². The van der Waals surface area contributed by atoms with Crippen molar-refractivity contribution in [1.82, 2.24) is 0 Å². The third-order valence-corrected chi connectivity index (χ3v) is 3.33. The van der Waals surface area contributed by atoms with Crippen LogP contribution in [0.3, 0.4) is 0 Å². The summed E-state index contributed by atoms with van der Waals surface area (Å²) in [6.45, 7) is 1.11. The third kappa shape index (κ3) is 8.18. The van der Waals surface area contributed by atoms with Crippen molar-refractivity contribution in [2.24, 2.45) is 0 Å². The molecule has 0 saturated carbocycles. The molecule has 1 aromatic rings. The van der Waals surface area contributed by atoms with Gasteiger partial charge in [0, 0.05) is 33.5 Å². The number of alkyl halides is 1. The van der Waals surface area contributed by atoms with Crippen LogP contribution in [0.5, 0.6) is 0 Å². The number of aliphatic hydroxyl groups is 1. The minimum Gasteiger partial charge on any atom is -0.391 e. The molecule has 0 spiro atoms. The van der Waals surface area contributed by atoms with E-state index in [-0.39, 0.29) is 10.4 Å². The predicted molar refractivity (Wildman–Crippen MR) is 87.4 cm³/mol. The Hall–Kier alpha value is 0.0200. The van der Waals surface area contributed by atoms with E-state index in [2.05, 4.69) is 37.1 Å². The van der Waals surface area contributed by atoms with Crippen LogP contribution in [0.4, 0.5) is 0 Å². The molecule has 0 heterocycles. The van der Waals surface area contributed by atoms with Gasteiger partial charge in [0.15, 0.2) is 0 Å². The van der Waals surface area contributed by atoms with Crippen LogP contribution in [-0.2, 0) is 5.33 Å². The summed E-state index contributed by atoms with van der Waals surface area (Å²) in [5, 5.41) is 9.12. The summed E-state index contributed by atoms with van der Waals surface area (Å²) in [6, 6.07) is 7.59. The molecule has 0 aromatic heterocycles. The van der Waals surface area contributed by atoms with Crippen LogP contribution in [0.2, 0.25) is 0 Å². The largest absolute Gasteiger partial charge is 0.391 e. The van der Waals surface area contributed by atoms with E-state index in [0.29, 0.717) is 0 Å². The van der Waals surface area contributed by atoms with Gasteiger partial charge < -0.3 is 9.59 Å². The summed E-state index contributed by atoms with van der Waals surface area (Å²) >= 11 is 5.12. The van der Waals surface area contributed by atoms with Crippen molar-refractivity contribution in [3.05, 3.63) is 35.4 Å². The number of aliphatic hydroxyl groups excluding tert-OH is 1. The number of carbonyl (C=O) groups excluding carboxylic acids is 1. The van der Waals surface area contributed by atoms with E-state index < -0.39 is 0 Å². The average molecular weight is 429 g/mol. The number of quaternary nitrogens is 1. The van der Waals surface area contributed by atoms with Crippen LogP contribution in [0.25, 0.3) is 0 Å². The molecule has 1 aromatic carbocycles. The zero-order valence-electron chi connectivity index (χ0n) is 11.0. The number of hydrogen-bond acceptors (Lipinski definition) is 2. The number of likely N-dealkylation sites (N-methyl/N-ethyl adjacent to an activating group) is 1.